The number of benzene rings is 1. The zero-order chi connectivity index (χ0) is 35.7. The first kappa shape index (κ1) is 35.4. The Morgan fingerprint density at radius 1 is 1.04 bits per heavy atom. The van der Waals surface area contributed by atoms with Crippen molar-refractivity contribution in [2.24, 2.45) is 17.8 Å². The van der Waals surface area contributed by atoms with Crippen molar-refractivity contribution in [2.75, 3.05) is 27.3 Å². The Morgan fingerprint density at radius 2 is 1.84 bits per heavy atom. The van der Waals surface area contributed by atoms with E-state index < -0.39 is 29.4 Å². The summed E-state index contributed by atoms with van der Waals surface area (Å²) in [6.45, 7) is 4.61. The molecule has 3 fully saturated rings. The molecule has 1 N–H and O–H groups in total. The van der Waals surface area contributed by atoms with Gasteiger partial charge in [0, 0.05) is 47.8 Å². The second-order valence-corrected chi connectivity index (χ2v) is 15.7. The zero-order valence-electron chi connectivity index (χ0n) is 30.2. The normalized spacial score (nSPS) is 28.0. The van der Waals surface area contributed by atoms with Crippen LogP contribution in [-0.4, -0.2) is 71.6 Å². The number of carbonyl (C=O) groups excluding carboxylic acids is 3. The largest absolute Gasteiger partial charge is 0.496 e. The minimum absolute atomic E-state index is 0.0649. The van der Waals surface area contributed by atoms with E-state index >= 15 is 0 Å². The Balaban J connectivity index is 1.21. The minimum Gasteiger partial charge on any atom is -0.496 e. The number of amides is 2. The van der Waals surface area contributed by atoms with E-state index in [-0.39, 0.29) is 24.3 Å². The molecule has 2 aromatic heterocycles. The maximum absolute atomic E-state index is 14.2. The average Bonchev–Trinajstić information content (AvgIpc) is 3.43. The second kappa shape index (κ2) is 14.9. The van der Waals surface area contributed by atoms with Crippen molar-refractivity contribution in [3.8, 4) is 22.9 Å². The van der Waals surface area contributed by atoms with Crippen molar-refractivity contribution in [2.45, 2.75) is 102 Å². The number of rotatable bonds is 7. The van der Waals surface area contributed by atoms with E-state index in [1.807, 2.05) is 38.2 Å². The van der Waals surface area contributed by atoms with Crippen LogP contribution in [0, 0.1) is 24.7 Å². The van der Waals surface area contributed by atoms with Crippen molar-refractivity contribution in [3.63, 3.8) is 0 Å². The molecule has 1 aliphatic heterocycles. The number of aromatic nitrogens is 2. The van der Waals surface area contributed by atoms with Crippen LogP contribution in [-0.2, 0) is 19.1 Å². The number of hydrogen-bond donors (Lipinski definition) is 1. The van der Waals surface area contributed by atoms with Crippen LogP contribution in [0.5, 0.6) is 11.5 Å². The van der Waals surface area contributed by atoms with Gasteiger partial charge < -0.3 is 24.4 Å². The fourth-order valence-electron chi connectivity index (χ4n) is 8.39. The van der Waals surface area contributed by atoms with Gasteiger partial charge >= 0.3 is 5.97 Å². The molecule has 0 radical (unpaired) electrons. The summed E-state index contributed by atoms with van der Waals surface area (Å²) < 4.78 is 18.0. The monoisotopic (exact) mass is 714 g/mol. The number of ether oxygens (including phenoxy) is 3. The molecule has 5 unspecified atom stereocenters. The van der Waals surface area contributed by atoms with Crippen molar-refractivity contribution < 1.29 is 28.6 Å². The number of esters is 1. The average molecular weight is 715 g/mol. The number of aryl methyl sites for hydroxylation is 1. The molecule has 0 bridgehead atoms. The number of methoxy groups -OCH3 is 1. The molecule has 3 aliphatic carbocycles. The molecule has 3 saturated carbocycles. The van der Waals surface area contributed by atoms with Gasteiger partial charge in [-0.15, -0.1) is 11.3 Å². The van der Waals surface area contributed by atoms with Crippen molar-refractivity contribution in [3.05, 3.63) is 46.3 Å². The van der Waals surface area contributed by atoms with E-state index in [2.05, 4.69) is 16.8 Å². The topological polar surface area (TPSA) is 120 Å². The molecular formula is C40H50N4O6S. The van der Waals surface area contributed by atoms with E-state index in [1.54, 1.807) is 30.3 Å². The van der Waals surface area contributed by atoms with Gasteiger partial charge in [-0.25, -0.2) is 14.8 Å². The first-order chi connectivity index (χ1) is 24.7. The highest BCUT2D eigenvalue weighted by atomic mass is 32.1. The summed E-state index contributed by atoms with van der Waals surface area (Å²) in [5.74, 6) is -0.277. The van der Waals surface area contributed by atoms with Gasteiger partial charge in [0.15, 0.2) is 0 Å². The van der Waals surface area contributed by atoms with Crippen LogP contribution < -0.4 is 14.8 Å². The van der Waals surface area contributed by atoms with Crippen LogP contribution in [0.4, 0.5) is 0 Å². The molecule has 1 aromatic carbocycles. The Labute approximate surface area is 304 Å². The predicted molar refractivity (Wildman–Crippen MR) is 197 cm³/mol. The third-order valence-electron chi connectivity index (χ3n) is 11.4. The predicted octanol–water partition coefficient (Wildman–Crippen LogP) is 7.13. The smallest absolute Gasteiger partial charge is 0.332 e. The van der Waals surface area contributed by atoms with Gasteiger partial charge in [-0.2, -0.15) is 0 Å². The number of nitrogens with zero attached hydrogens (tertiary/aromatic N) is 3. The lowest BCUT2D eigenvalue weighted by Gasteiger charge is -2.26. The Kier molecular flexibility index (Phi) is 10.4. The molecule has 11 heteroatoms. The van der Waals surface area contributed by atoms with Crippen molar-refractivity contribution in [1.82, 2.24) is 20.2 Å². The van der Waals surface area contributed by atoms with Crippen LogP contribution in [0.1, 0.15) is 94.0 Å². The molecule has 272 valence electrons. The van der Waals surface area contributed by atoms with Gasteiger partial charge in [-0.3, -0.25) is 9.59 Å². The summed E-state index contributed by atoms with van der Waals surface area (Å²) in [4.78, 5) is 53.3. The molecule has 0 saturated heterocycles. The zero-order valence-corrected chi connectivity index (χ0v) is 31.1. The molecule has 3 heterocycles. The lowest BCUT2D eigenvalue weighted by Crippen LogP contribution is -2.50. The van der Waals surface area contributed by atoms with Crippen molar-refractivity contribution in [1.29, 1.82) is 0 Å². The maximum Gasteiger partial charge on any atom is 0.332 e. The molecule has 2 amide bonds. The molecule has 7 rings (SSSR count). The molecule has 10 nitrogen and oxygen atoms in total. The highest BCUT2D eigenvalue weighted by Gasteiger charge is 2.62. The van der Waals surface area contributed by atoms with Crippen molar-refractivity contribution >= 4 is 40.0 Å². The third kappa shape index (κ3) is 7.10. The Morgan fingerprint density at radius 3 is 2.63 bits per heavy atom. The van der Waals surface area contributed by atoms with Crippen LogP contribution >= 0.6 is 11.3 Å². The highest BCUT2D eigenvalue weighted by Crippen LogP contribution is 2.47. The van der Waals surface area contributed by atoms with E-state index in [4.69, 9.17) is 24.2 Å². The van der Waals surface area contributed by atoms with Crippen LogP contribution in [0.2, 0.25) is 0 Å². The first-order valence-electron chi connectivity index (χ1n) is 18.7. The quantitative estimate of drug-likeness (QED) is 0.203. The SMILES string of the molecule is CCOC(=O)C12CC1/C=C/CCCCN(C)C(=O)C1CC(Oc3cc(-c4csc(C5CCCCC5)n4)nc4c(C)c(OC)ccc34)CC1C(=O)N2. The summed E-state index contributed by atoms with van der Waals surface area (Å²) in [6.07, 6.45) is 13.7. The molecular weight excluding hydrogens is 665 g/mol. The number of allylic oxidation sites excluding steroid dienone is 1. The van der Waals surface area contributed by atoms with Gasteiger partial charge in [0.1, 0.15) is 23.1 Å². The van der Waals surface area contributed by atoms with Crippen LogP contribution in [0.15, 0.2) is 35.7 Å². The van der Waals surface area contributed by atoms with E-state index in [1.165, 1.54) is 32.1 Å². The number of fused-ring (bicyclic) bond motifs is 3. The molecule has 0 spiro atoms. The van der Waals surface area contributed by atoms with Gasteiger partial charge in [0.2, 0.25) is 11.8 Å². The number of pyridine rings is 1. The summed E-state index contributed by atoms with van der Waals surface area (Å²) in [6, 6.07) is 5.84. The van der Waals surface area contributed by atoms with E-state index in [9.17, 15) is 14.4 Å². The third-order valence-corrected chi connectivity index (χ3v) is 12.4. The second-order valence-electron chi connectivity index (χ2n) is 14.8. The first-order valence-corrected chi connectivity index (χ1v) is 19.6. The van der Waals surface area contributed by atoms with Gasteiger partial charge in [-0.05, 0) is 77.3 Å². The standard InChI is InChI=1S/C40H50N4O6S/c1-5-49-39(47)40-22-26(40)15-11-6-7-12-18-44(3)38(46)30-20-27(19-29(30)36(45)43-40)50-34-21-31(41-35-24(2)33(48-4)17-16-28(34)35)32-23-51-37(42-32)25-13-9-8-10-14-25/h11,15-17,21,23,25-27,29-30H,5-10,12-14,18-20,22H2,1-4H3,(H,43,45)/b15-11+. The van der Waals surface area contributed by atoms with E-state index in [0.29, 0.717) is 37.5 Å². The minimum atomic E-state index is -1.09. The highest BCUT2D eigenvalue weighted by molar-refractivity contribution is 7.10. The molecule has 51 heavy (non-hydrogen) atoms. The fraction of sp³-hybridized carbons (Fsp3) is 0.575. The van der Waals surface area contributed by atoms with Crippen LogP contribution in [0.3, 0.4) is 0 Å². The van der Waals surface area contributed by atoms with E-state index in [0.717, 1.165) is 57.9 Å². The fourth-order valence-corrected chi connectivity index (χ4v) is 9.37. The number of thiazole rings is 1. The number of carbonyl (C=O) groups is 3. The lowest BCUT2D eigenvalue weighted by molar-refractivity contribution is -0.150. The summed E-state index contributed by atoms with van der Waals surface area (Å²) in [7, 11) is 3.47. The molecule has 3 aromatic rings. The summed E-state index contributed by atoms with van der Waals surface area (Å²) in [5.41, 5.74) is 2.12. The van der Waals surface area contributed by atoms with Gasteiger partial charge in [0.25, 0.3) is 0 Å². The number of nitrogens with one attached hydrogen (secondary N) is 1. The molecule has 5 atom stereocenters. The maximum atomic E-state index is 14.2. The van der Waals surface area contributed by atoms with Gasteiger partial charge in [0.05, 0.1) is 47.5 Å². The van der Waals surface area contributed by atoms with Gasteiger partial charge in [-0.1, -0.05) is 31.4 Å². The van der Waals surface area contributed by atoms with Crippen LogP contribution in [0.25, 0.3) is 22.3 Å². The molecule has 4 aliphatic rings. The lowest BCUT2D eigenvalue weighted by atomic mass is 9.90. The Bertz CT molecular complexity index is 1820. The summed E-state index contributed by atoms with van der Waals surface area (Å²) in [5, 5.41) is 7.17. The Hall–Kier alpha value is -3.99. The number of hydrogen-bond acceptors (Lipinski definition) is 9. The summed E-state index contributed by atoms with van der Waals surface area (Å²) >= 11 is 1.70.